The zero-order valence-corrected chi connectivity index (χ0v) is 13.5. The van der Waals surface area contributed by atoms with Crippen molar-refractivity contribution in [2.75, 3.05) is 6.61 Å². The average molecular weight is 338 g/mol. The molecule has 24 heavy (non-hydrogen) atoms. The predicted octanol–water partition coefficient (Wildman–Crippen LogP) is 3.17. The molecule has 0 radical (unpaired) electrons. The molecule has 0 N–H and O–H groups in total. The van der Waals surface area contributed by atoms with Crippen LogP contribution in [-0.2, 0) is 16.0 Å². The molecule has 3 aromatic rings. The Hall–Kier alpha value is -2.86. The van der Waals surface area contributed by atoms with E-state index in [0.29, 0.717) is 11.3 Å². The third-order valence-electron chi connectivity index (χ3n) is 3.25. The van der Waals surface area contributed by atoms with Crippen molar-refractivity contribution < 1.29 is 14.3 Å². The van der Waals surface area contributed by atoms with Gasteiger partial charge < -0.3 is 4.74 Å². The lowest BCUT2D eigenvalue weighted by molar-refractivity contribution is -0.141. The number of carbonyl (C=O) groups is 2. The van der Waals surface area contributed by atoms with Gasteiger partial charge in [0.25, 0.3) is 0 Å². The summed E-state index contributed by atoms with van der Waals surface area (Å²) < 4.78 is 5.04. The van der Waals surface area contributed by atoms with E-state index in [1.165, 1.54) is 11.3 Å². The summed E-state index contributed by atoms with van der Waals surface area (Å²) in [4.78, 5) is 32.2. The van der Waals surface area contributed by atoms with Gasteiger partial charge in [-0.15, -0.1) is 11.3 Å². The van der Waals surface area contributed by atoms with Gasteiger partial charge in [0.1, 0.15) is 5.01 Å². The molecule has 0 saturated carbocycles. The largest absolute Gasteiger partial charge is 0.457 e. The Morgan fingerprint density at radius 2 is 1.92 bits per heavy atom. The molecule has 0 atom stereocenters. The molecule has 2 aromatic heterocycles. The summed E-state index contributed by atoms with van der Waals surface area (Å²) in [5, 5.41) is 2.61. The monoisotopic (exact) mass is 338 g/mol. The third-order valence-corrected chi connectivity index (χ3v) is 4.19. The van der Waals surface area contributed by atoms with E-state index in [4.69, 9.17) is 4.74 Å². The molecule has 0 aliphatic rings. The second-order valence-corrected chi connectivity index (χ2v) is 5.87. The topological polar surface area (TPSA) is 69.2 Å². The zero-order chi connectivity index (χ0) is 16.8. The van der Waals surface area contributed by atoms with Crippen LogP contribution in [0.4, 0.5) is 0 Å². The number of hydrogen-bond acceptors (Lipinski definition) is 6. The van der Waals surface area contributed by atoms with E-state index >= 15 is 0 Å². The maximum Gasteiger partial charge on any atom is 0.312 e. The zero-order valence-electron chi connectivity index (χ0n) is 12.7. The van der Waals surface area contributed by atoms with Gasteiger partial charge >= 0.3 is 5.97 Å². The van der Waals surface area contributed by atoms with Gasteiger partial charge in [0.15, 0.2) is 12.4 Å². The molecule has 0 spiro atoms. The lowest BCUT2D eigenvalue weighted by Crippen LogP contribution is -2.15. The maximum absolute atomic E-state index is 11.9. The molecule has 0 amide bonds. The van der Waals surface area contributed by atoms with Crippen molar-refractivity contribution in [1.29, 1.82) is 0 Å². The summed E-state index contributed by atoms with van der Waals surface area (Å²) in [5.74, 6) is -0.694. The van der Waals surface area contributed by atoms with Crippen LogP contribution >= 0.6 is 11.3 Å². The van der Waals surface area contributed by atoms with E-state index in [0.717, 1.165) is 10.6 Å². The van der Waals surface area contributed by atoms with Crippen LogP contribution in [0.3, 0.4) is 0 Å². The summed E-state index contributed by atoms with van der Waals surface area (Å²) in [6.07, 6.45) is 3.46. The Bertz CT molecular complexity index is 832. The fourth-order valence-corrected chi connectivity index (χ4v) is 2.87. The summed E-state index contributed by atoms with van der Waals surface area (Å²) in [6, 6.07) is 12.5. The third kappa shape index (κ3) is 4.11. The van der Waals surface area contributed by atoms with Crippen LogP contribution in [0, 0.1) is 0 Å². The molecule has 0 fully saturated rings. The molecule has 120 valence electrons. The van der Waals surface area contributed by atoms with Gasteiger partial charge in [-0.1, -0.05) is 30.3 Å². The number of pyridine rings is 1. The van der Waals surface area contributed by atoms with E-state index in [2.05, 4.69) is 9.97 Å². The van der Waals surface area contributed by atoms with Crippen molar-refractivity contribution in [2.24, 2.45) is 0 Å². The molecule has 0 saturated heterocycles. The first kappa shape index (κ1) is 16.0. The number of benzene rings is 1. The Kier molecular flexibility index (Phi) is 5.08. The van der Waals surface area contributed by atoms with Crippen molar-refractivity contribution >= 4 is 23.1 Å². The molecule has 6 heteroatoms. The van der Waals surface area contributed by atoms with Crippen molar-refractivity contribution in [2.45, 2.75) is 6.42 Å². The minimum absolute atomic E-state index is 0.0405. The smallest absolute Gasteiger partial charge is 0.312 e. The van der Waals surface area contributed by atoms with Crippen molar-refractivity contribution in [3.05, 3.63) is 71.5 Å². The van der Waals surface area contributed by atoms with E-state index in [1.807, 2.05) is 23.6 Å². The number of ketones is 1. The first-order valence-electron chi connectivity index (χ1n) is 7.31. The minimum atomic E-state index is -0.470. The van der Waals surface area contributed by atoms with Crippen molar-refractivity contribution in [1.82, 2.24) is 9.97 Å². The average Bonchev–Trinajstić information content (AvgIpc) is 3.09. The van der Waals surface area contributed by atoms with Gasteiger partial charge in [-0.05, 0) is 12.1 Å². The molecule has 0 aliphatic carbocycles. The maximum atomic E-state index is 11.9. The predicted molar refractivity (Wildman–Crippen MR) is 90.8 cm³/mol. The van der Waals surface area contributed by atoms with Gasteiger partial charge in [0.05, 0.1) is 12.1 Å². The Labute approximate surface area is 143 Å². The van der Waals surface area contributed by atoms with E-state index < -0.39 is 5.97 Å². The van der Waals surface area contributed by atoms with Gasteiger partial charge in [-0.3, -0.25) is 14.6 Å². The Balaban J connectivity index is 1.54. The number of aromatic nitrogens is 2. The highest BCUT2D eigenvalue weighted by molar-refractivity contribution is 7.13. The molecule has 0 aliphatic heterocycles. The minimum Gasteiger partial charge on any atom is -0.457 e. The van der Waals surface area contributed by atoms with Crippen LogP contribution in [0.25, 0.3) is 10.6 Å². The van der Waals surface area contributed by atoms with E-state index in [9.17, 15) is 9.59 Å². The van der Waals surface area contributed by atoms with Crippen LogP contribution in [0.1, 0.15) is 16.1 Å². The summed E-state index contributed by atoms with van der Waals surface area (Å²) in [6.45, 7) is -0.261. The van der Waals surface area contributed by atoms with Crippen LogP contribution in [-0.4, -0.2) is 28.3 Å². The highest BCUT2D eigenvalue weighted by atomic mass is 32.1. The lowest BCUT2D eigenvalue weighted by Gasteiger charge is -2.03. The SMILES string of the molecule is O=C(Cc1csc(-c2cccnc2)n1)OCC(=O)c1ccccc1. The number of carbonyl (C=O) groups excluding carboxylic acids is 2. The van der Waals surface area contributed by atoms with Gasteiger partial charge in [-0.25, -0.2) is 4.98 Å². The van der Waals surface area contributed by atoms with Gasteiger partial charge in [0.2, 0.25) is 0 Å². The van der Waals surface area contributed by atoms with E-state index in [-0.39, 0.29) is 18.8 Å². The molecule has 0 unspecified atom stereocenters. The highest BCUT2D eigenvalue weighted by Gasteiger charge is 2.13. The fourth-order valence-electron chi connectivity index (χ4n) is 2.06. The van der Waals surface area contributed by atoms with Gasteiger partial charge in [-0.2, -0.15) is 0 Å². The molecule has 3 rings (SSSR count). The molecule has 5 nitrogen and oxygen atoms in total. The lowest BCUT2D eigenvalue weighted by atomic mass is 10.1. The normalized spacial score (nSPS) is 10.3. The standard InChI is InChI=1S/C18H14N2O3S/c21-16(13-5-2-1-3-6-13)11-23-17(22)9-15-12-24-18(20-15)14-7-4-8-19-10-14/h1-8,10,12H,9,11H2. The Morgan fingerprint density at radius 1 is 1.08 bits per heavy atom. The summed E-state index contributed by atoms with van der Waals surface area (Å²) in [7, 11) is 0. The van der Waals surface area contributed by atoms with E-state index in [1.54, 1.807) is 36.7 Å². The number of esters is 1. The first-order chi connectivity index (χ1) is 11.7. The number of thiazole rings is 1. The van der Waals surface area contributed by atoms with Crippen LogP contribution in [0.5, 0.6) is 0 Å². The van der Waals surface area contributed by atoms with Crippen molar-refractivity contribution in [3.8, 4) is 10.6 Å². The number of ether oxygens (including phenoxy) is 1. The highest BCUT2D eigenvalue weighted by Crippen LogP contribution is 2.22. The molecular formula is C18H14N2O3S. The molecule has 2 heterocycles. The van der Waals surface area contributed by atoms with Crippen molar-refractivity contribution in [3.63, 3.8) is 0 Å². The molecular weight excluding hydrogens is 324 g/mol. The van der Waals surface area contributed by atoms with Crippen LogP contribution < -0.4 is 0 Å². The second-order valence-electron chi connectivity index (χ2n) is 5.01. The fraction of sp³-hybridized carbons (Fsp3) is 0.111. The second kappa shape index (κ2) is 7.61. The summed E-state index contributed by atoms with van der Waals surface area (Å²) >= 11 is 1.44. The Morgan fingerprint density at radius 3 is 2.67 bits per heavy atom. The quantitative estimate of drug-likeness (QED) is 0.510. The molecule has 0 bridgehead atoms. The number of Topliss-reactive ketones (excluding diaryl/α,β-unsaturated/α-hetero) is 1. The number of nitrogens with zero attached hydrogens (tertiary/aromatic N) is 2. The van der Waals surface area contributed by atoms with Crippen LogP contribution in [0.2, 0.25) is 0 Å². The van der Waals surface area contributed by atoms with Crippen LogP contribution in [0.15, 0.2) is 60.2 Å². The number of hydrogen-bond donors (Lipinski definition) is 0. The number of rotatable bonds is 6. The van der Waals surface area contributed by atoms with Gasteiger partial charge in [0, 0.05) is 28.9 Å². The molecule has 1 aromatic carbocycles. The summed E-state index contributed by atoms with van der Waals surface area (Å²) in [5.41, 5.74) is 2.05. The first-order valence-corrected chi connectivity index (χ1v) is 8.19.